The number of carboxylic acids is 1. The molecule has 3 atom stereocenters. The van der Waals surface area contributed by atoms with Crippen LogP contribution in [0.5, 0.6) is 0 Å². The van der Waals surface area contributed by atoms with Gasteiger partial charge in [-0.05, 0) is 24.8 Å². The molecule has 0 radical (unpaired) electrons. The molecule has 1 saturated heterocycles. The molecule has 2 N–H and O–H groups in total. The van der Waals surface area contributed by atoms with E-state index in [1.807, 2.05) is 51.1 Å². The van der Waals surface area contributed by atoms with Gasteiger partial charge in [-0.25, -0.2) is 4.79 Å². The van der Waals surface area contributed by atoms with Crippen molar-refractivity contribution in [2.45, 2.75) is 45.7 Å². The Labute approximate surface area is 148 Å². The van der Waals surface area contributed by atoms with Gasteiger partial charge < -0.3 is 15.3 Å². The van der Waals surface area contributed by atoms with Crippen molar-refractivity contribution in [1.29, 1.82) is 0 Å². The quantitative estimate of drug-likeness (QED) is 0.792. The van der Waals surface area contributed by atoms with E-state index in [1.54, 1.807) is 4.90 Å². The summed E-state index contributed by atoms with van der Waals surface area (Å²) in [6, 6.07) is 8.63. The first-order valence-electron chi connectivity index (χ1n) is 8.67. The average Bonchev–Trinajstić information content (AvgIpc) is 2.95. The van der Waals surface area contributed by atoms with Crippen LogP contribution in [0, 0.1) is 11.8 Å². The number of carbonyl (C=O) groups is 3. The second-order valence-corrected chi connectivity index (χ2v) is 7.06. The Morgan fingerprint density at radius 3 is 2.44 bits per heavy atom. The molecule has 6 nitrogen and oxygen atoms in total. The van der Waals surface area contributed by atoms with E-state index in [-0.39, 0.29) is 30.2 Å². The zero-order chi connectivity index (χ0) is 18.6. The van der Waals surface area contributed by atoms with Crippen LogP contribution in [0.2, 0.25) is 0 Å². The fraction of sp³-hybridized carbons (Fsp3) is 0.526. The van der Waals surface area contributed by atoms with Crippen LogP contribution in [-0.4, -0.2) is 40.4 Å². The van der Waals surface area contributed by atoms with Gasteiger partial charge in [-0.1, -0.05) is 44.2 Å². The Morgan fingerprint density at radius 1 is 1.24 bits per heavy atom. The van der Waals surface area contributed by atoms with Crippen LogP contribution in [0.15, 0.2) is 30.3 Å². The van der Waals surface area contributed by atoms with Gasteiger partial charge in [0, 0.05) is 13.0 Å². The van der Waals surface area contributed by atoms with Gasteiger partial charge in [0.2, 0.25) is 11.8 Å². The summed E-state index contributed by atoms with van der Waals surface area (Å²) in [6.45, 7) is 6.07. The fourth-order valence-corrected chi connectivity index (χ4v) is 3.18. The molecule has 1 aromatic rings. The number of likely N-dealkylation sites (tertiary alicyclic amines) is 1. The van der Waals surface area contributed by atoms with Crippen LogP contribution < -0.4 is 5.32 Å². The Hall–Kier alpha value is -2.37. The molecule has 6 heteroatoms. The van der Waals surface area contributed by atoms with E-state index in [0.29, 0.717) is 13.0 Å². The van der Waals surface area contributed by atoms with Crippen LogP contribution in [-0.2, 0) is 14.4 Å². The predicted molar refractivity (Wildman–Crippen MR) is 93.7 cm³/mol. The Bertz CT molecular complexity index is 630. The summed E-state index contributed by atoms with van der Waals surface area (Å²) in [7, 11) is 0. The average molecular weight is 346 g/mol. The van der Waals surface area contributed by atoms with Gasteiger partial charge in [-0.3, -0.25) is 9.59 Å². The van der Waals surface area contributed by atoms with Gasteiger partial charge in [0.1, 0.15) is 6.04 Å². The molecule has 0 aromatic heterocycles. The molecule has 2 rings (SSSR count). The van der Waals surface area contributed by atoms with Crippen molar-refractivity contribution in [2.75, 3.05) is 6.54 Å². The van der Waals surface area contributed by atoms with E-state index < -0.39 is 17.9 Å². The molecule has 1 aliphatic rings. The summed E-state index contributed by atoms with van der Waals surface area (Å²) in [6.07, 6.45) is 0.489. The first-order valence-corrected chi connectivity index (χ1v) is 8.67. The molecule has 0 aliphatic carbocycles. The number of nitrogens with one attached hydrogen (secondary N) is 1. The normalized spacial score (nSPS) is 19.8. The number of hydrogen-bond acceptors (Lipinski definition) is 3. The predicted octanol–water partition coefficient (Wildman–Crippen LogP) is 2.21. The van der Waals surface area contributed by atoms with Gasteiger partial charge in [-0.2, -0.15) is 0 Å². The highest BCUT2D eigenvalue weighted by Gasteiger charge is 2.38. The van der Waals surface area contributed by atoms with E-state index in [2.05, 4.69) is 5.32 Å². The van der Waals surface area contributed by atoms with E-state index in [9.17, 15) is 19.5 Å². The van der Waals surface area contributed by atoms with E-state index in [0.717, 1.165) is 5.56 Å². The zero-order valence-electron chi connectivity index (χ0n) is 14.9. The van der Waals surface area contributed by atoms with Crippen LogP contribution in [0.3, 0.4) is 0 Å². The smallest absolute Gasteiger partial charge is 0.326 e. The molecule has 0 bridgehead atoms. The Kier molecular flexibility index (Phi) is 6.17. The van der Waals surface area contributed by atoms with Crippen molar-refractivity contribution in [1.82, 2.24) is 10.2 Å². The van der Waals surface area contributed by atoms with Gasteiger partial charge in [-0.15, -0.1) is 0 Å². The highest BCUT2D eigenvalue weighted by molar-refractivity contribution is 5.91. The van der Waals surface area contributed by atoms with Crippen LogP contribution in [0.4, 0.5) is 0 Å². The molecule has 1 heterocycles. The molecular formula is C19H26N2O4. The lowest BCUT2D eigenvalue weighted by atomic mass is 10.0. The van der Waals surface area contributed by atoms with Crippen LogP contribution in [0.25, 0.3) is 0 Å². The molecule has 3 unspecified atom stereocenters. The molecular weight excluding hydrogens is 320 g/mol. The van der Waals surface area contributed by atoms with Crippen LogP contribution in [0.1, 0.15) is 45.2 Å². The first kappa shape index (κ1) is 19.0. The van der Waals surface area contributed by atoms with E-state index in [1.165, 1.54) is 0 Å². The Balaban J connectivity index is 2.01. The van der Waals surface area contributed by atoms with Gasteiger partial charge in [0.25, 0.3) is 0 Å². The maximum absolute atomic E-state index is 12.4. The highest BCUT2D eigenvalue weighted by Crippen LogP contribution is 2.28. The monoisotopic (exact) mass is 346 g/mol. The minimum atomic E-state index is -1.04. The van der Waals surface area contributed by atoms with E-state index >= 15 is 0 Å². The minimum Gasteiger partial charge on any atom is -0.480 e. The van der Waals surface area contributed by atoms with Crippen molar-refractivity contribution in [3.05, 3.63) is 35.9 Å². The summed E-state index contributed by atoms with van der Waals surface area (Å²) in [5.74, 6) is -1.83. The standard InChI is InChI=1S/C19H26N2O4/c1-12(2)9-16(19(24)25)20-18(23)15-10-17(22)21(11-15)13(3)14-7-5-4-6-8-14/h4-8,12-13,15-16H,9-11H2,1-3H3,(H,20,23)(H,24,25). The topological polar surface area (TPSA) is 86.7 Å². The SMILES string of the molecule is CC(C)CC(NC(=O)C1CC(=O)N(C(C)c2ccccc2)C1)C(=O)O. The lowest BCUT2D eigenvalue weighted by Gasteiger charge is -2.25. The third-order valence-electron chi connectivity index (χ3n) is 4.60. The number of rotatable bonds is 7. The number of benzene rings is 1. The summed E-state index contributed by atoms with van der Waals surface area (Å²) in [5, 5.41) is 11.9. The highest BCUT2D eigenvalue weighted by atomic mass is 16.4. The second kappa shape index (κ2) is 8.14. The van der Waals surface area contributed by atoms with Gasteiger partial charge in [0.05, 0.1) is 12.0 Å². The zero-order valence-corrected chi connectivity index (χ0v) is 14.9. The number of amides is 2. The molecule has 1 fully saturated rings. The molecule has 1 aromatic carbocycles. The third-order valence-corrected chi connectivity index (χ3v) is 4.60. The second-order valence-electron chi connectivity index (χ2n) is 7.06. The van der Waals surface area contributed by atoms with Crippen molar-refractivity contribution < 1.29 is 19.5 Å². The maximum atomic E-state index is 12.4. The Morgan fingerprint density at radius 2 is 1.88 bits per heavy atom. The summed E-state index contributed by atoms with van der Waals surface area (Å²) >= 11 is 0. The lowest BCUT2D eigenvalue weighted by Crippen LogP contribution is -2.45. The number of nitrogens with zero attached hydrogens (tertiary/aromatic N) is 1. The number of carboxylic acid groups (broad SMARTS) is 1. The summed E-state index contributed by atoms with van der Waals surface area (Å²) in [4.78, 5) is 37.8. The summed E-state index contributed by atoms with van der Waals surface area (Å²) in [5.41, 5.74) is 1.01. The fourth-order valence-electron chi connectivity index (χ4n) is 3.18. The molecule has 2 amide bonds. The van der Waals surface area contributed by atoms with Gasteiger partial charge in [0.15, 0.2) is 0 Å². The van der Waals surface area contributed by atoms with Crippen molar-refractivity contribution in [2.24, 2.45) is 11.8 Å². The van der Waals surface area contributed by atoms with Crippen molar-refractivity contribution in [3.63, 3.8) is 0 Å². The lowest BCUT2D eigenvalue weighted by molar-refractivity contribution is -0.142. The molecule has 0 spiro atoms. The molecule has 136 valence electrons. The van der Waals surface area contributed by atoms with E-state index in [4.69, 9.17) is 0 Å². The number of aliphatic carboxylic acids is 1. The van der Waals surface area contributed by atoms with Crippen molar-refractivity contribution >= 4 is 17.8 Å². The molecule has 0 saturated carbocycles. The number of hydrogen-bond donors (Lipinski definition) is 2. The minimum absolute atomic E-state index is 0.0766. The third kappa shape index (κ3) is 4.81. The largest absolute Gasteiger partial charge is 0.480 e. The van der Waals surface area contributed by atoms with Crippen LogP contribution >= 0.6 is 0 Å². The molecule has 25 heavy (non-hydrogen) atoms. The van der Waals surface area contributed by atoms with Gasteiger partial charge >= 0.3 is 5.97 Å². The summed E-state index contributed by atoms with van der Waals surface area (Å²) < 4.78 is 0. The molecule has 1 aliphatic heterocycles. The first-order chi connectivity index (χ1) is 11.8. The maximum Gasteiger partial charge on any atom is 0.326 e. The van der Waals surface area contributed by atoms with Crippen molar-refractivity contribution in [3.8, 4) is 0 Å². The number of carbonyl (C=O) groups excluding carboxylic acids is 2.